The molecule has 0 saturated carbocycles. The molecule has 6 heteroatoms. The van der Waals surface area contributed by atoms with Gasteiger partial charge in [0.15, 0.2) is 0 Å². The summed E-state index contributed by atoms with van der Waals surface area (Å²) in [4.78, 5) is 22.4. The minimum atomic E-state index is -1.39. The molecule has 0 unspecified atom stereocenters. The fraction of sp³-hybridized carbons (Fsp3) is 0.750. The summed E-state index contributed by atoms with van der Waals surface area (Å²) in [5, 5.41) is 0. The maximum atomic E-state index is 11.2. The summed E-state index contributed by atoms with van der Waals surface area (Å²) in [6.45, 7) is 5.22. The van der Waals surface area contributed by atoms with Crippen LogP contribution in [0.4, 0.5) is 0 Å². The lowest BCUT2D eigenvalue weighted by Crippen LogP contribution is -2.40. The predicted molar refractivity (Wildman–Crippen MR) is 57.8 cm³/mol. The largest absolute Gasteiger partial charge is 0.465 e. The average molecular weight is 290 g/mol. The number of esters is 2. The molecule has 0 radical (unpaired) electrons. The van der Waals surface area contributed by atoms with Crippen LogP contribution >= 0.6 is 28.3 Å². The second-order valence-electron chi connectivity index (χ2n) is 2.44. The van der Waals surface area contributed by atoms with Crippen molar-refractivity contribution in [2.75, 3.05) is 13.2 Å². The number of hydrogen-bond donors (Lipinski definition) is 0. The van der Waals surface area contributed by atoms with E-state index in [0.29, 0.717) is 0 Å². The number of carbonyl (C=O) groups excluding carboxylic acids is 2. The zero-order valence-corrected chi connectivity index (χ0v) is 10.7. The highest BCUT2D eigenvalue weighted by molar-refractivity contribution is 9.10. The zero-order valence-electron chi connectivity index (χ0n) is 8.33. The highest BCUT2D eigenvalue weighted by atomic mass is 79.9. The zero-order chi connectivity index (χ0) is 10.5. The summed E-state index contributed by atoms with van der Waals surface area (Å²) in [6, 6.07) is 0. The SMILES string of the molecule is CCOC(=O)C(C)(Br)C(=O)OCC.Cl. The van der Waals surface area contributed by atoms with Gasteiger partial charge < -0.3 is 9.47 Å². The van der Waals surface area contributed by atoms with Gasteiger partial charge in [0.05, 0.1) is 13.2 Å². The molecular weight excluding hydrogens is 275 g/mol. The van der Waals surface area contributed by atoms with Gasteiger partial charge in [-0.2, -0.15) is 0 Å². The molecule has 0 bridgehead atoms. The van der Waals surface area contributed by atoms with E-state index in [4.69, 9.17) is 0 Å². The van der Waals surface area contributed by atoms with Crippen LogP contribution in [0.3, 0.4) is 0 Å². The Bertz CT molecular complexity index is 186. The second-order valence-corrected chi connectivity index (χ2v) is 4.03. The molecular formula is C8H14BrClO4. The van der Waals surface area contributed by atoms with Gasteiger partial charge in [0.1, 0.15) is 0 Å². The number of halogens is 2. The van der Waals surface area contributed by atoms with Crippen LogP contribution < -0.4 is 0 Å². The summed E-state index contributed by atoms with van der Waals surface area (Å²) < 4.78 is 7.99. The number of carbonyl (C=O) groups is 2. The number of rotatable bonds is 4. The molecule has 0 aliphatic carbocycles. The molecule has 0 fully saturated rings. The second kappa shape index (κ2) is 7.06. The molecule has 0 aliphatic heterocycles. The number of hydrogen-bond acceptors (Lipinski definition) is 4. The Hall–Kier alpha value is -0.290. The average Bonchev–Trinajstić information content (AvgIpc) is 2.05. The molecule has 0 amide bonds. The van der Waals surface area contributed by atoms with Gasteiger partial charge >= 0.3 is 11.9 Å². The first-order chi connectivity index (χ1) is 5.96. The number of alkyl halides is 1. The van der Waals surface area contributed by atoms with Crippen molar-refractivity contribution in [1.29, 1.82) is 0 Å². The molecule has 84 valence electrons. The van der Waals surface area contributed by atoms with Gasteiger partial charge in [-0.15, -0.1) is 12.4 Å². The van der Waals surface area contributed by atoms with E-state index in [1.54, 1.807) is 13.8 Å². The third-order valence-corrected chi connectivity index (χ3v) is 1.97. The van der Waals surface area contributed by atoms with Crippen molar-refractivity contribution in [3.05, 3.63) is 0 Å². The van der Waals surface area contributed by atoms with Crippen molar-refractivity contribution in [2.45, 2.75) is 25.1 Å². The Kier molecular flexibility index (Phi) is 8.15. The summed E-state index contributed by atoms with van der Waals surface area (Å²) in [5.41, 5.74) is 0. The molecule has 0 aromatic carbocycles. The number of ether oxygens (including phenoxy) is 2. The van der Waals surface area contributed by atoms with Crippen LogP contribution in [0.25, 0.3) is 0 Å². The molecule has 0 aliphatic rings. The Balaban J connectivity index is 0. The van der Waals surface area contributed by atoms with E-state index in [2.05, 4.69) is 25.4 Å². The minimum absolute atomic E-state index is 0. The van der Waals surface area contributed by atoms with Gasteiger partial charge in [0, 0.05) is 0 Å². The maximum absolute atomic E-state index is 11.2. The van der Waals surface area contributed by atoms with Crippen LogP contribution in [0.5, 0.6) is 0 Å². The van der Waals surface area contributed by atoms with E-state index in [0.717, 1.165) is 0 Å². The predicted octanol–water partition coefficient (Wildman–Crippen LogP) is 1.69. The van der Waals surface area contributed by atoms with Crippen LogP contribution in [-0.4, -0.2) is 29.5 Å². The molecule has 0 saturated heterocycles. The van der Waals surface area contributed by atoms with Gasteiger partial charge in [-0.3, -0.25) is 0 Å². The van der Waals surface area contributed by atoms with E-state index in [1.807, 2.05) is 0 Å². The molecule has 0 heterocycles. The smallest absolute Gasteiger partial charge is 0.334 e. The van der Waals surface area contributed by atoms with Gasteiger partial charge in [-0.1, -0.05) is 15.9 Å². The first kappa shape index (κ1) is 16.2. The first-order valence-electron chi connectivity index (χ1n) is 4.00. The quantitative estimate of drug-likeness (QED) is 0.449. The van der Waals surface area contributed by atoms with E-state index in [9.17, 15) is 9.59 Å². The summed E-state index contributed by atoms with van der Waals surface area (Å²) >= 11 is 2.97. The maximum Gasteiger partial charge on any atom is 0.334 e. The van der Waals surface area contributed by atoms with Crippen molar-refractivity contribution in [3.63, 3.8) is 0 Å². The molecule has 0 spiro atoms. The highest BCUT2D eigenvalue weighted by Crippen LogP contribution is 2.21. The van der Waals surface area contributed by atoms with E-state index < -0.39 is 16.3 Å². The summed E-state index contributed by atoms with van der Waals surface area (Å²) in [5.74, 6) is -1.26. The van der Waals surface area contributed by atoms with Crippen molar-refractivity contribution < 1.29 is 19.1 Å². The lowest BCUT2D eigenvalue weighted by atomic mass is 10.2. The summed E-state index contributed by atoms with van der Waals surface area (Å²) in [6.07, 6.45) is 0. The van der Waals surface area contributed by atoms with Crippen LogP contribution in [0.15, 0.2) is 0 Å². The lowest BCUT2D eigenvalue weighted by molar-refractivity contribution is -0.157. The van der Waals surface area contributed by atoms with E-state index in [1.165, 1.54) is 6.92 Å². The Morgan fingerprint density at radius 1 is 1.14 bits per heavy atom. The molecule has 14 heavy (non-hydrogen) atoms. The lowest BCUT2D eigenvalue weighted by Gasteiger charge is -2.17. The molecule has 0 aromatic heterocycles. The monoisotopic (exact) mass is 288 g/mol. The summed E-state index contributed by atoms with van der Waals surface area (Å²) in [7, 11) is 0. The molecule has 0 rings (SSSR count). The van der Waals surface area contributed by atoms with Crippen molar-refractivity contribution in [2.24, 2.45) is 0 Å². The first-order valence-corrected chi connectivity index (χ1v) is 4.79. The molecule has 0 aromatic rings. The fourth-order valence-electron chi connectivity index (χ4n) is 0.617. The van der Waals surface area contributed by atoms with E-state index >= 15 is 0 Å². The van der Waals surface area contributed by atoms with Crippen molar-refractivity contribution in [1.82, 2.24) is 0 Å². The van der Waals surface area contributed by atoms with Gasteiger partial charge in [-0.05, 0) is 20.8 Å². The molecule has 4 nitrogen and oxygen atoms in total. The molecule has 0 atom stereocenters. The van der Waals surface area contributed by atoms with Crippen molar-refractivity contribution >= 4 is 40.3 Å². The van der Waals surface area contributed by atoms with Crippen LogP contribution in [0.1, 0.15) is 20.8 Å². The van der Waals surface area contributed by atoms with Gasteiger partial charge in [-0.25, -0.2) is 9.59 Å². The topological polar surface area (TPSA) is 52.6 Å². The third kappa shape index (κ3) is 4.28. The Labute approximate surface area is 97.9 Å². The Morgan fingerprint density at radius 2 is 1.43 bits per heavy atom. The Morgan fingerprint density at radius 3 is 1.64 bits per heavy atom. The third-order valence-electron chi connectivity index (χ3n) is 1.32. The van der Waals surface area contributed by atoms with Crippen molar-refractivity contribution in [3.8, 4) is 0 Å². The minimum Gasteiger partial charge on any atom is -0.465 e. The van der Waals surface area contributed by atoms with Crippen LogP contribution in [0, 0.1) is 0 Å². The normalized spacial score (nSPS) is 10.0. The van der Waals surface area contributed by atoms with Gasteiger partial charge in [0.25, 0.3) is 0 Å². The van der Waals surface area contributed by atoms with Crippen LogP contribution in [0.2, 0.25) is 0 Å². The van der Waals surface area contributed by atoms with E-state index in [-0.39, 0.29) is 25.6 Å². The molecule has 0 N–H and O–H groups in total. The highest BCUT2D eigenvalue weighted by Gasteiger charge is 2.41. The van der Waals surface area contributed by atoms with Crippen LogP contribution in [-0.2, 0) is 19.1 Å². The van der Waals surface area contributed by atoms with Gasteiger partial charge in [0.2, 0.25) is 4.32 Å². The fourth-order valence-corrected chi connectivity index (χ4v) is 0.846. The standard InChI is InChI=1S/C8H13BrO4.ClH/c1-4-12-6(10)8(3,9)7(11)13-5-2;/h4-5H2,1-3H3;1H.